The predicted molar refractivity (Wildman–Crippen MR) is 127 cm³/mol. The van der Waals surface area contributed by atoms with Crippen molar-refractivity contribution < 1.29 is 18.3 Å². The van der Waals surface area contributed by atoms with Gasteiger partial charge >= 0.3 is 11.9 Å². The van der Waals surface area contributed by atoms with Crippen LogP contribution >= 0.6 is 11.6 Å². The van der Waals surface area contributed by atoms with E-state index in [9.17, 15) is 23.1 Å². The maximum atomic E-state index is 13.1. The predicted octanol–water partition coefficient (Wildman–Crippen LogP) is 4.83. The van der Waals surface area contributed by atoms with Gasteiger partial charge in [-0.3, -0.25) is 4.98 Å². The molecule has 0 atom stereocenters. The Morgan fingerprint density at radius 1 is 0.889 bits per heavy atom. The van der Waals surface area contributed by atoms with Crippen LogP contribution in [0.5, 0.6) is 0 Å². The van der Waals surface area contributed by atoms with Crippen LogP contribution in [0.25, 0.3) is 27.9 Å². The zero-order chi connectivity index (χ0) is 25.4. The third-order valence-electron chi connectivity index (χ3n) is 5.64. The van der Waals surface area contributed by atoms with E-state index in [1.165, 1.54) is 6.07 Å². The SMILES string of the molecule is O=c1n(Cc2ccc(C(F)(F)F)nc2)nc2c(-c3ccc(Cl)cc3)c(-c3ccc(CO)cc3)cnn12. The third-order valence-corrected chi connectivity index (χ3v) is 5.89. The maximum Gasteiger partial charge on any atom is 0.433 e. The number of aliphatic hydroxyl groups excluding tert-OH is 1. The summed E-state index contributed by atoms with van der Waals surface area (Å²) in [7, 11) is 0. The van der Waals surface area contributed by atoms with E-state index in [-0.39, 0.29) is 18.8 Å². The minimum absolute atomic E-state index is 0.0894. The lowest BCUT2D eigenvalue weighted by Crippen LogP contribution is -2.23. The summed E-state index contributed by atoms with van der Waals surface area (Å²) >= 11 is 6.08. The lowest BCUT2D eigenvalue weighted by molar-refractivity contribution is -0.141. The van der Waals surface area contributed by atoms with Crippen molar-refractivity contribution in [2.45, 2.75) is 19.3 Å². The molecule has 0 bridgehead atoms. The highest BCUT2D eigenvalue weighted by Gasteiger charge is 2.32. The van der Waals surface area contributed by atoms with E-state index in [4.69, 9.17) is 11.6 Å². The van der Waals surface area contributed by atoms with E-state index < -0.39 is 17.6 Å². The van der Waals surface area contributed by atoms with E-state index in [1.54, 1.807) is 42.6 Å². The lowest BCUT2D eigenvalue weighted by atomic mass is 9.96. The molecule has 0 spiro atoms. The summed E-state index contributed by atoms with van der Waals surface area (Å²) in [6.45, 7) is -0.186. The Morgan fingerprint density at radius 3 is 2.17 bits per heavy atom. The Labute approximate surface area is 207 Å². The van der Waals surface area contributed by atoms with Crippen molar-refractivity contribution in [3.63, 3.8) is 0 Å². The molecule has 11 heteroatoms. The summed E-state index contributed by atoms with van der Waals surface area (Å²) in [5.41, 5.74) is 2.67. The van der Waals surface area contributed by atoms with Gasteiger partial charge in [0, 0.05) is 22.3 Å². The Balaban J connectivity index is 1.65. The van der Waals surface area contributed by atoms with Gasteiger partial charge in [-0.2, -0.15) is 22.8 Å². The van der Waals surface area contributed by atoms with Crippen LogP contribution in [0.4, 0.5) is 13.2 Å². The van der Waals surface area contributed by atoms with E-state index in [2.05, 4.69) is 15.2 Å². The number of pyridine rings is 1. The molecule has 0 radical (unpaired) electrons. The van der Waals surface area contributed by atoms with Crippen LogP contribution in [0.2, 0.25) is 5.02 Å². The highest BCUT2D eigenvalue weighted by molar-refractivity contribution is 6.30. The van der Waals surface area contributed by atoms with Crippen LogP contribution in [0.15, 0.2) is 77.9 Å². The normalized spacial score (nSPS) is 11.8. The number of aliphatic hydroxyl groups is 1. The Hall–Kier alpha value is -4.02. The standard InChI is InChI=1S/C25H17ClF3N5O2/c26-19-8-6-18(7-9-19)22-20(17-4-1-15(14-35)2-5-17)12-31-34-23(22)32-33(24(34)36)13-16-3-10-21(30-11-16)25(27,28)29/h1-12,35H,13-14H2. The molecule has 1 N–H and O–H groups in total. The molecule has 3 aromatic heterocycles. The first-order chi connectivity index (χ1) is 17.2. The second-order valence-corrected chi connectivity index (χ2v) is 8.46. The zero-order valence-corrected chi connectivity index (χ0v) is 19.2. The van der Waals surface area contributed by atoms with Crippen molar-refractivity contribution in [1.29, 1.82) is 0 Å². The summed E-state index contributed by atoms with van der Waals surface area (Å²) in [4.78, 5) is 16.5. The van der Waals surface area contributed by atoms with Gasteiger partial charge in [0.15, 0.2) is 5.65 Å². The molecule has 0 saturated carbocycles. The topological polar surface area (TPSA) is 85.3 Å². The number of rotatable bonds is 5. The van der Waals surface area contributed by atoms with Crippen molar-refractivity contribution in [3.8, 4) is 22.3 Å². The molecule has 0 aliphatic carbocycles. The van der Waals surface area contributed by atoms with E-state index in [0.717, 1.165) is 38.2 Å². The Kier molecular flexibility index (Phi) is 6.07. The number of aromatic nitrogens is 5. The van der Waals surface area contributed by atoms with Crippen LogP contribution in [0.3, 0.4) is 0 Å². The average Bonchev–Trinajstić information content (AvgIpc) is 3.19. The fourth-order valence-electron chi connectivity index (χ4n) is 3.83. The molecule has 36 heavy (non-hydrogen) atoms. The highest BCUT2D eigenvalue weighted by Crippen LogP contribution is 2.34. The molecular formula is C25H17ClF3N5O2. The summed E-state index contributed by atoms with van der Waals surface area (Å²) in [6, 6.07) is 16.4. The van der Waals surface area contributed by atoms with Gasteiger partial charge in [0.05, 0.1) is 19.3 Å². The first kappa shape index (κ1) is 23.7. The molecule has 182 valence electrons. The van der Waals surface area contributed by atoms with Crippen molar-refractivity contribution in [2.75, 3.05) is 0 Å². The molecule has 0 saturated heterocycles. The van der Waals surface area contributed by atoms with Crippen LogP contribution < -0.4 is 5.69 Å². The van der Waals surface area contributed by atoms with Crippen LogP contribution in [0, 0.1) is 0 Å². The molecule has 0 aliphatic heterocycles. The van der Waals surface area contributed by atoms with Gasteiger partial charge in [-0.1, -0.05) is 54.1 Å². The largest absolute Gasteiger partial charge is 0.433 e. The fourth-order valence-corrected chi connectivity index (χ4v) is 3.96. The molecule has 2 aromatic carbocycles. The van der Waals surface area contributed by atoms with Gasteiger partial charge in [-0.25, -0.2) is 9.48 Å². The zero-order valence-electron chi connectivity index (χ0n) is 18.4. The van der Waals surface area contributed by atoms with Crippen molar-refractivity contribution in [2.24, 2.45) is 0 Å². The first-order valence-electron chi connectivity index (χ1n) is 10.7. The molecule has 3 heterocycles. The maximum absolute atomic E-state index is 13.1. The number of benzene rings is 2. The highest BCUT2D eigenvalue weighted by atomic mass is 35.5. The van der Waals surface area contributed by atoms with Crippen molar-refractivity contribution in [1.82, 2.24) is 24.4 Å². The number of fused-ring (bicyclic) bond motifs is 1. The number of alkyl halides is 3. The number of hydrogen-bond acceptors (Lipinski definition) is 5. The van der Waals surface area contributed by atoms with Gasteiger partial charge in [0.25, 0.3) is 0 Å². The van der Waals surface area contributed by atoms with Gasteiger partial charge < -0.3 is 5.11 Å². The molecular weight excluding hydrogens is 495 g/mol. The summed E-state index contributed by atoms with van der Waals surface area (Å²) in [6.07, 6.45) is -1.93. The van der Waals surface area contributed by atoms with E-state index in [1.807, 2.05) is 12.1 Å². The van der Waals surface area contributed by atoms with E-state index in [0.29, 0.717) is 21.7 Å². The van der Waals surface area contributed by atoms with Crippen molar-refractivity contribution in [3.05, 3.63) is 105 Å². The average molecular weight is 512 g/mol. The Bertz CT molecular complexity index is 1590. The second-order valence-electron chi connectivity index (χ2n) is 8.02. The number of halogens is 4. The number of nitrogens with zero attached hydrogens (tertiary/aromatic N) is 5. The summed E-state index contributed by atoms with van der Waals surface area (Å²) < 4.78 is 40.8. The lowest BCUT2D eigenvalue weighted by Gasteiger charge is -2.11. The van der Waals surface area contributed by atoms with Crippen LogP contribution in [-0.2, 0) is 19.3 Å². The second kappa shape index (κ2) is 9.21. The van der Waals surface area contributed by atoms with Crippen LogP contribution in [0.1, 0.15) is 16.8 Å². The summed E-state index contributed by atoms with van der Waals surface area (Å²) in [5, 5.41) is 18.7. The number of hydrogen-bond donors (Lipinski definition) is 1. The van der Waals surface area contributed by atoms with Gasteiger partial charge in [0.1, 0.15) is 5.69 Å². The summed E-state index contributed by atoms with van der Waals surface area (Å²) in [5.74, 6) is 0. The molecule has 0 aliphatic rings. The smallest absolute Gasteiger partial charge is 0.392 e. The first-order valence-corrected chi connectivity index (χ1v) is 11.1. The fraction of sp³-hybridized carbons (Fsp3) is 0.120. The Morgan fingerprint density at radius 2 is 1.56 bits per heavy atom. The minimum Gasteiger partial charge on any atom is -0.392 e. The van der Waals surface area contributed by atoms with Gasteiger partial charge in [-0.15, -0.1) is 5.10 Å². The molecule has 5 aromatic rings. The van der Waals surface area contributed by atoms with Crippen molar-refractivity contribution >= 4 is 17.2 Å². The minimum atomic E-state index is -4.55. The molecule has 0 amide bonds. The molecule has 0 fully saturated rings. The molecule has 7 nitrogen and oxygen atoms in total. The third kappa shape index (κ3) is 4.48. The van der Waals surface area contributed by atoms with Crippen LogP contribution in [-0.4, -0.2) is 29.5 Å². The quantitative estimate of drug-likeness (QED) is 0.365. The van der Waals surface area contributed by atoms with E-state index >= 15 is 0 Å². The van der Waals surface area contributed by atoms with Gasteiger partial charge in [0.2, 0.25) is 0 Å². The van der Waals surface area contributed by atoms with Gasteiger partial charge in [-0.05, 0) is 40.5 Å². The molecule has 5 rings (SSSR count). The monoisotopic (exact) mass is 511 g/mol. The molecule has 0 unspecified atom stereocenters.